The molecular weight excluding hydrogens is 556 g/mol. The summed E-state index contributed by atoms with van der Waals surface area (Å²) in [5, 5.41) is 7.73. The predicted octanol–water partition coefficient (Wildman–Crippen LogP) is 6.61. The van der Waals surface area contributed by atoms with Crippen molar-refractivity contribution in [3.63, 3.8) is 0 Å². The van der Waals surface area contributed by atoms with E-state index in [4.69, 9.17) is 9.47 Å². The van der Waals surface area contributed by atoms with Gasteiger partial charge < -0.3 is 19.7 Å². The molecule has 2 aromatic carbocycles. The molecule has 224 valence electrons. The minimum atomic E-state index is -1.49. The van der Waals surface area contributed by atoms with E-state index in [0.717, 1.165) is 11.1 Å². The molecule has 1 fully saturated rings. The second kappa shape index (κ2) is 11.8. The van der Waals surface area contributed by atoms with Gasteiger partial charge in [0.2, 0.25) is 0 Å². The van der Waals surface area contributed by atoms with Crippen molar-refractivity contribution in [3.05, 3.63) is 60.9 Å². The van der Waals surface area contributed by atoms with Crippen molar-refractivity contribution in [1.82, 2.24) is 24.6 Å². The number of carbonyl (C=O) groups is 1. The van der Waals surface area contributed by atoms with Crippen LogP contribution in [0.3, 0.4) is 0 Å². The number of carbonyl (C=O) groups excluding carboxylic acids is 1. The summed E-state index contributed by atoms with van der Waals surface area (Å²) in [5.41, 5.74) is 1.99. The summed E-state index contributed by atoms with van der Waals surface area (Å²) in [4.78, 5) is 26.6. The number of ether oxygens (including phenoxy) is 2. The highest BCUT2D eigenvalue weighted by molar-refractivity contribution is 5.98. The van der Waals surface area contributed by atoms with E-state index in [1.165, 1.54) is 23.4 Å². The lowest BCUT2D eigenvalue weighted by atomic mass is 10.0. The van der Waals surface area contributed by atoms with Crippen LogP contribution in [0.4, 0.5) is 30.8 Å². The first-order valence-corrected chi connectivity index (χ1v) is 13.7. The van der Waals surface area contributed by atoms with Gasteiger partial charge in [-0.15, -0.1) is 0 Å². The lowest BCUT2D eigenvalue weighted by Gasteiger charge is -2.35. The zero-order valence-electron chi connectivity index (χ0n) is 24.5. The van der Waals surface area contributed by atoms with Crippen molar-refractivity contribution in [1.29, 1.82) is 0 Å². The van der Waals surface area contributed by atoms with E-state index in [0.29, 0.717) is 22.3 Å². The molecule has 1 N–H and O–H groups in total. The molecule has 0 bridgehead atoms. The van der Waals surface area contributed by atoms with E-state index in [2.05, 4.69) is 38.7 Å². The van der Waals surface area contributed by atoms with Gasteiger partial charge >= 0.3 is 6.09 Å². The molecule has 12 heteroatoms. The molecule has 0 aliphatic carbocycles. The maximum atomic E-state index is 15.6. The molecule has 1 amide bonds. The molecule has 0 radical (unpaired) electrons. The zero-order chi connectivity index (χ0) is 30.9. The van der Waals surface area contributed by atoms with Gasteiger partial charge in [-0.05, 0) is 57.3 Å². The number of fused-ring (bicyclic) bond motifs is 1. The highest BCUT2D eigenvalue weighted by Gasteiger charge is 2.35. The Labute approximate surface area is 248 Å². The number of halogens is 2. The summed E-state index contributed by atoms with van der Waals surface area (Å²) >= 11 is 0. The Balaban J connectivity index is 1.53. The molecule has 2 unspecified atom stereocenters. The molecule has 4 aromatic rings. The van der Waals surface area contributed by atoms with Crippen LogP contribution in [0.15, 0.2) is 54.6 Å². The fraction of sp³-hybridized carbons (Fsp3) is 0.323. The summed E-state index contributed by atoms with van der Waals surface area (Å²) in [5.74, 6) is -0.0291. The van der Waals surface area contributed by atoms with Crippen LogP contribution < -0.4 is 10.1 Å². The number of benzene rings is 2. The molecule has 5 rings (SSSR count). The number of aliphatic imine (C=N–C) groups is 1. The molecule has 0 saturated carbocycles. The fourth-order valence-electron chi connectivity index (χ4n) is 4.89. The Morgan fingerprint density at radius 2 is 2.02 bits per heavy atom. The highest BCUT2D eigenvalue weighted by Crippen LogP contribution is 2.39. The van der Waals surface area contributed by atoms with Crippen molar-refractivity contribution < 1.29 is 23.0 Å². The Kier molecular flexibility index (Phi) is 8.12. The van der Waals surface area contributed by atoms with Crippen LogP contribution in [-0.2, 0) is 11.8 Å². The molecule has 3 heterocycles. The average Bonchev–Trinajstić information content (AvgIpc) is 3.40. The molecule has 2 atom stereocenters. The van der Waals surface area contributed by atoms with Crippen molar-refractivity contribution in [2.75, 3.05) is 18.4 Å². The van der Waals surface area contributed by atoms with Gasteiger partial charge in [-0.1, -0.05) is 12.7 Å². The molecule has 1 saturated heterocycles. The topological polar surface area (TPSA) is 107 Å². The number of piperidine rings is 1. The first-order chi connectivity index (χ1) is 20.5. The van der Waals surface area contributed by atoms with Crippen molar-refractivity contribution >= 4 is 47.0 Å². The summed E-state index contributed by atoms with van der Waals surface area (Å²) in [6.45, 7) is 12.5. The average molecular weight is 590 g/mol. The van der Waals surface area contributed by atoms with E-state index in [9.17, 15) is 4.79 Å². The van der Waals surface area contributed by atoms with E-state index < -0.39 is 29.8 Å². The van der Waals surface area contributed by atoms with Gasteiger partial charge in [0.05, 0.1) is 35.0 Å². The Morgan fingerprint density at radius 3 is 2.67 bits per heavy atom. The van der Waals surface area contributed by atoms with Crippen molar-refractivity contribution in [2.24, 2.45) is 12.0 Å². The first kappa shape index (κ1) is 29.6. The van der Waals surface area contributed by atoms with Gasteiger partial charge in [0, 0.05) is 37.3 Å². The lowest BCUT2D eigenvalue weighted by Crippen LogP contribution is -2.50. The second-order valence-corrected chi connectivity index (χ2v) is 11.2. The van der Waals surface area contributed by atoms with Crippen LogP contribution in [0.25, 0.3) is 28.1 Å². The zero-order valence-corrected chi connectivity index (χ0v) is 24.5. The van der Waals surface area contributed by atoms with Crippen molar-refractivity contribution in [3.8, 4) is 16.9 Å². The van der Waals surface area contributed by atoms with Gasteiger partial charge in [0.15, 0.2) is 12.0 Å². The van der Waals surface area contributed by atoms with Crippen LogP contribution in [-0.4, -0.2) is 68.4 Å². The molecule has 2 aromatic heterocycles. The van der Waals surface area contributed by atoms with Gasteiger partial charge in [0.1, 0.15) is 29.6 Å². The number of amides is 1. The van der Waals surface area contributed by atoms with Gasteiger partial charge in [-0.25, -0.2) is 23.5 Å². The maximum absolute atomic E-state index is 15.6. The van der Waals surface area contributed by atoms with Crippen LogP contribution in [0.2, 0.25) is 0 Å². The number of nitrogens with one attached hydrogen (secondary N) is 1. The van der Waals surface area contributed by atoms with Gasteiger partial charge in [-0.2, -0.15) is 5.10 Å². The third-order valence-corrected chi connectivity index (χ3v) is 6.94. The Bertz CT molecular complexity index is 1700. The van der Waals surface area contributed by atoms with E-state index in [1.807, 2.05) is 12.3 Å². The number of anilines is 2. The summed E-state index contributed by atoms with van der Waals surface area (Å²) < 4.78 is 44.4. The quantitative estimate of drug-likeness (QED) is 0.242. The molecular formula is C31H33F2N7O3. The molecule has 1 aliphatic heterocycles. The predicted molar refractivity (Wildman–Crippen MR) is 162 cm³/mol. The normalized spacial score (nSPS) is 17.0. The highest BCUT2D eigenvalue weighted by atomic mass is 19.1. The number of likely N-dealkylation sites (tertiary alicyclic amines) is 1. The smallest absolute Gasteiger partial charge is 0.410 e. The molecule has 43 heavy (non-hydrogen) atoms. The summed E-state index contributed by atoms with van der Waals surface area (Å²) in [6, 6.07) is 6.73. The SMILES string of the molecule is C=Cc1c(N=C)ccc(Nc2ncnc3cc(-c4cnn(C)c4)cc(OC4CCN(C(=O)OC(C)(C)C)CC4F)c23)c1F. The van der Waals surface area contributed by atoms with Crippen LogP contribution in [0, 0.1) is 5.82 Å². The van der Waals surface area contributed by atoms with Crippen LogP contribution >= 0.6 is 0 Å². The number of alkyl halides is 1. The van der Waals surface area contributed by atoms with Gasteiger partial charge in [0.25, 0.3) is 0 Å². The summed E-state index contributed by atoms with van der Waals surface area (Å²) in [6.07, 6.45) is 3.53. The number of hydrogen-bond donors (Lipinski definition) is 1. The van der Waals surface area contributed by atoms with E-state index in [-0.39, 0.29) is 36.6 Å². The molecule has 1 aliphatic rings. The minimum absolute atomic E-state index is 0.124. The number of nitrogens with zero attached hydrogens (tertiary/aromatic N) is 6. The number of aryl methyl sites for hydroxylation is 1. The largest absolute Gasteiger partial charge is 0.486 e. The fourth-order valence-corrected chi connectivity index (χ4v) is 4.89. The van der Waals surface area contributed by atoms with E-state index >= 15 is 8.78 Å². The minimum Gasteiger partial charge on any atom is -0.486 e. The van der Waals surface area contributed by atoms with Crippen molar-refractivity contribution in [2.45, 2.75) is 45.1 Å². The summed E-state index contributed by atoms with van der Waals surface area (Å²) in [7, 11) is 1.80. The Hall–Kier alpha value is -4.87. The number of rotatable bonds is 7. The maximum Gasteiger partial charge on any atom is 0.410 e. The number of aromatic nitrogens is 4. The first-order valence-electron chi connectivity index (χ1n) is 13.7. The lowest BCUT2D eigenvalue weighted by molar-refractivity contribution is -0.0102. The second-order valence-electron chi connectivity index (χ2n) is 11.2. The standard InChI is InChI=1S/C31H33F2N7O3/c1-7-20-22(34-5)8-9-23(28(20)33)38-29-27-24(35-17-36-29)12-18(19-14-37-39(6)15-19)13-26(27)42-25-10-11-40(16-21(25)32)30(41)43-31(2,3)4/h7-9,12-15,17,21,25H,1,5,10-11,16H2,2-4,6H3,(H,35,36,38). The van der Waals surface area contributed by atoms with Gasteiger partial charge in [-0.3, -0.25) is 9.67 Å². The monoisotopic (exact) mass is 589 g/mol. The third-order valence-electron chi connectivity index (χ3n) is 6.94. The third kappa shape index (κ3) is 6.32. The van der Waals surface area contributed by atoms with Crippen LogP contribution in [0.1, 0.15) is 32.8 Å². The van der Waals surface area contributed by atoms with Crippen LogP contribution in [0.5, 0.6) is 5.75 Å². The Morgan fingerprint density at radius 1 is 1.23 bits per heavy atom. The number of hydrogen-bond acceptors (Lipinski definition) is 8. The molecule has 10 nitrogen and oxygen atoms in total. The van der Waals surface area contributed by atoms with E-state index in [1.54, 1.807) is 50.8 Å². The molecule has 0 spiro atoms.